The van der Waals surface area contributed by atoms with Crippen molar-refractivity contribution in [2.45, 2.75) is 112 Å². The second kappa shape index (κ2) is 9.08. The molecule has 4 nitrogen and oxygen atoms in total. The predicted octanol–water partition coefficient (Wildman–Crippen LogP) is 6.77. The minimum Gasteiger partial charge on any atom is -0.468 e. The molecule has 0 heterocycles. The zero-order chi connectivity index (χ0) is 27.0. The smallest absolute Gasteiger partial charge is 0.319 e. The topological polar surface area (TPSA) is 58.6 Å². The average Bonchev–Trinajstić information content (AvgIpc) is 3.22. The molecular weight excluding hydrogens is 458 g/mol. The van der Waals surface area contributed by atoms with Crippen molar-refractivity contribution in [3.8, 4) is 0 Å². The second-order valence-corrected chi connectivity index (χ2v) is 15.6. The summed E-state index contributed by atoms with van der Waals surface area (Å²) in [6.07, 6.45) is 12.3. The van der Waals surface area contributed by atoms with E-state index in [9.17, 15) is 9.90 Å². The number of aliphatic hydroxyl groups excluding tert-OH is 1. The van der Waals surface area contributed by atoms with Gasteiger partial charge in [-0.25, -0.2) is 0 Å². The van der Waals surface area contributed by atoms with Crippen molar-refractivity contribution in [3.63, 3.8) is 0 Å². The van der Waals surface area contributed by atoms with Gasteiger partial charge in [0.2, 0.25) is 0 Å². The number of fused-ring (bicyclic) bond motifs is 7. The first-order valence-electron chi connectivity index (χ1n) is 15.4. The van der Waals surface area contributed by atoms with Crippen LogP contribution in [0.5, 0.6) is 0 Å². The average molecular weight is 514 g/mol. The number of carbonyl (C=O) groups is 1. The van der Waals surface area contributed by atoms with Gasteiger partial charge in [0.25, 0.3) is 0 Å². The summed E-state index contributed by atoms with van der Waals surface area (Å²) in [5.74, 6) is 3.15. The van der Waals surface area contributed by atoms with Crippen LogP contribution in [0.1, 0.15) is 106 Å². The van der Waals surface area contributed by atoms with Crippen molar-refractivity contribution < 1.29 is 14.6 Å². The molecule has 5 fully saturated rings. The highest BCUT2D eigenvalue weighted by Gasteiger charge is 2.70. The quantitative estimate of drug-likeness (QED) is 0.315. The molecule has 37 heavy (non-hydrogen) atoms. The molecule has 0 aromatic rings. The molecule has 210 valence electrons. The molecule has 4 heteroatoms. The van der Waals surface area contributed by atoms with Crippen molar-refractivity contribution in [3.05, 3.63) is 12.2 Å². The van der Waals surface area contributed by atoms with Crippen LogP contribution < -0.4 is 5.32 Å². The summed E-state index contributed by atoms with van der Waals surface area (Å²) in [5, 5.41) is 14.5. The summed E-state index contributed by atoms with van der Waals surface area (Å²) in [6.45, 7) is 20.7. The minimum absolute atomic E-state index is 0.00953. The maximum atomic E-state index is 11.9. The molecular formula is C33H55NO3. The second-order valence-electron chi connectivity index (χ2n) is 15.6. The maximum absolute atomic E-state index is 11.9. The van der Waals surface area contributed by atoms with Crippen LogP contribution in [0, 0.1) is 56.7 Å². The molecule has 0 spiro atoms. The van der Waals surface area contributed by atoms with E-state index in [2.05, 4.69) is 53.4 Å². The van der Waals surface area contributed by atoms with Gasteiger partial charge in [-0.2, -0.15) is 0 Å². The van der Waals surface area contributed by atoms with Crippen LogP contribution in [-0.2, 0) is 9.53 Å². The van der Waals surface area contributed by atoms with Gasteiger partial charge in [-0.15, -0.1) is 0 Å². The van der Waals surface area contributed by atoms with Crippen LogP contribution in [0.4, 0.5) is 0 Å². The zero-order valence-corrected chi connectivity index (χ0v) is 24.9. The molecule has 0 saturated heterocycles. The molecule has 0 amide bonds. The number of carbonyl (C=O) groups excluding carboxylic acids is 1. The molecule has 5 aliphatic carbocycles. The Morgan fingerprint density at radius 1 is 0.919 bits per heavy atom. The van der Waals surface area contributed by atoms with Gasteiger partial charge in [0.15, 0.2) is 0 Å². The van der Waals surface area contributed by atoms with Gasteiger partial charge in [0, 0.05) is 6.54 Å². The van der Waals surface area contributed by atoms with E-state index < -0.39 is 0 Å². The van der Waals surface area contributed by atoms with Crippen LogP contribution in [0.3, 0.4) is 0 Å². The van der Waals surface area contributed by atoms with Crippen LogP contribution in [0.15, 0.2) is 12.2 Å². The largest absolute Gasteiger partial charge is 0.468 e. The standard InChI is InChI=1S/C33H55NO3/c1-21(2)22-11-16-33(20-34-19-27(36)37-8)18-17-31(6)23(28(22)33)9-10-25-30(5)14-13-26(35)29(3,4)24(30)12-15-32(25,31)7/h22-26,28,34-35H,1,9-20H2,2-8H3/t22-,23+,24-,25+,26-,28?,30-,31+,32+,33+/m0/s1. The number of esters is 1. The molecule has 0 aliphatic heterocycles. The van der Waals surface area contributed by atoms with E-state index in [0.29, 0.717) is 46.5 Å². The SMILES string of the molecule is C=C(C)[C@@H]1CC[C@]2(CNCC(=O)OC)CC[C@]3(C)[C@H](CC[C@@H]4[C@@]5(C)CC[C@H](O)C(C)(C)[C@@H]5CC[C@]43C)C12. The molecule has 2 N–H and O–H groups in total. The first-order chi connectivity index (χ1) is 17.3. The summed E-state index contributed by atoms with van der Waals surface area (Å²) in [7, 11) is 1.48. The van der Waals surface area contributed by atoms with E-state index in [1.54, 1.807) is 0 Å². The Hall–Kier alpha value is -0.870. The number of aliphatic hydroxyl groups is 1. The third kappa shape index (κ3) is 3.77. The summed E-state index contributed by atoms with van der Waals surface area (Å²) >= 11 is 0. The molecule has 5 rings (SSSR count). The van der Waals surface area contributed by atoms with Crippen LogP contribution in [0.2, 0.25) is 0 Å². The summed E-state index contributed by atoms with van der Waals surface area (Å²) in [6, 6.07) is 0. The van der Waals surface area contributed by atoms with Gasteiger partial charge in [-0.1, -0.05) is 46.8 Å². The highest BCUT2D eigenvalue weighted by Crippen LogP contribution is 2.77. The number of allylic oxidation sites excluding steroid dienone is 1. The summed E-state index contributed by atoms with van der Waals surface area (Å²) < 4.78 is 4.93. The van der Waals surface area contributed by atoms with Gasteiger partial charge in [0.1, 0.15) is 0 Å². The van der Waals surface area contributed by atoms with Gasteiger partial charge < -0.3 is 15.2 Å². The number of nitrogens with one attached hydrogen (secondary N) is 1. The van der Waals surface area contributed by atoms with Gasteiger partial charge in [-0.3, -0.25) is 4.79 Å². The number of ether oxygens (including phenoxy) is 1. The summed E-state index contributed by atoms with van der Waals surface area (Å²) in [5.41, 5.74) is 2.64. The van der Waals surface area contributed by atoms with Crippen molar-refractivity contribution in [1.82, 2.24) is 5.32 Å². The van der Waals surface area contributed by atoms with E-state index in [0.717, 1.165) is 18.9 Å². The molecule has 0 aromatic carbocycles. The van der Waals surface area contributed by atoms with Gasteiger partial charge >= 0.3 is 5.97 Å². The molecule has 1 unspecified atom stereocenters. The lowest BCUT2D eigenvalue weighted by Gasteiger charge is -2.73. The number of hydrogen-bond acceptors (Lipinski definition) is 4. The first kappa shape index (κ1) is 27.7. The number of hydrogen-bond donors (Lipinski definition) is 2. The monoisotopic (exact) mass is 513 g/mol. The van der Waals surface area contributed by atoms with E-state index in [1.165, 1.54) is 70.5 Å². The highest BCUT2D eigenvalue weighted by molar-refractivity contribution is 5.71. The van der Waals surface area contributed by atoms with E-state index in [-0.39, 0.29) is 22.9 Å². The lowest BCUT2D eigenvalue weighted by atomic mass is 9.32. The van der Waals surface area contributed by atoms with Crippen molar-refractivity contribution in [2.75, 3.05) is 20.2 Å². The molecule has 5 aliphatic rings. The highest BCUT2D eigenvalue weighted by atomic mass is 16.5. The fourth-order valence-corrected chi connectivity index (χ4v) is 12.1. The number of methoxy groups -OCH3 is 1. The third-order valence-electron chi connectivity index (χ3n) is 14.2. The minimum atomic E-state index is -0.165. The number of rotatable bonds is 5. The molecule has 5 saturated carbocycles. The van der Waals surface area contributed by atoms with Crippen LogP contribution in [0.25, 0.3) is 0 Å². The van der Waals surface area contributed by atoms with Crippen LogP contribution in [-0.4, -0.2) is 37.4 Å². The van der Waals surface area contributed by atoms with Crippen molar-refractivity contribution in [2.24, 2.45) is 56.7 Å². The first-order valence-corrected chi connectivity index (χ1v) is 15.4. The summed E-state index contributed by atoms with van der Waals surface area (Å²) in [4.78, 5) is 11.9. The maximum Gasteiger partial charge on any atom is 0.319 e. The van der Waals surface area contributed by atoms with E-state index in [1.807, 2.05) is 0 Å². The fraction of sp³-hybridized carbons (Fsp3) is 0.909. The lowest BCUT2D eigenvalue weighted by Crippen LogP contribution is -2.67. The Kier molecular flexibility index (Phi) is 6.80. The fourth-order valence-electron chi connectivity index (χ4n) is 12.1. The third-order valence-corrected chi connectivity index (χ3v) is 14.2. The van der Waals surface area contributed by atoms with E-state index in [4.69, 9.17) is 4.74 Å². The Labute approximate surface area is 226 Å². The Morgan fingerprint density at radius 3 is 2.32 bits per heavy atom. The van der Waals surface area contributed by atoms with E-state index >= 15 is 0 Å². The van der Waals surface area contributed by atoms with Crippen LogP contribution >= 0.6 is 0 Å². The Balaban J connectivity index is 1.48. The predicted molar refractivity (Wildman–Crippen MR) is 150 cm³/mol. The van der Waals surface area contributed by atoms with Gasteiger partial charge in [0.05, 0.1) is 19.8 Å². The zero-order valence-electron chi connectivity index (χ0n) is 24.9. The Bertz CT molecular complexity index is 929. The Morgan fingerprint density at radius 2 is 1.65 bits per heavy atom. The molecule has 0 radical (unpaired) electrons. The molecule has 0 bridgehead atoms. The lowest BCUT2D eigenvalue weighted by molar-refractivity contribution is -0.247. The molecule has 0 aromatic heterocycles. The molecule has 10 atom stereocenters. The van der Waals surface area contributed by atoms with Crippen molar-refractivity contribution in [1.29, 1.82) is 0 Å². The van der Waals surface area contributed by atoms with Crippen molar-refractivity contribution >= 4 is 5.97 Å². The van der Waals surface area contributed by atoms with Gasteiger partial charge in [-0.05, 0) is 128 Å². The normalized spacial score (nSPS) is 50.3.